The van der Waals surface area contributed by atoms with Crippen LogP contribution in [-0.4, -0.2) is 36.3 Å². The second-order valence-electron chi connectivity index (χ2n) is 6.05. The van der Waals surface area contributed by atoms with Crippen molar-refractivity contribution in [3.63, 3.8) is 0 Å². The summed E-state index contributed by atoms with van der Waals surface area (Å²) in [5, 5.41) is 5.18. The van der Waals surface area contributed by atoms with Gasteiger partial charge in [-0.2, -0.15) is 0 Å². The molecule has 0 aromatic rings. The number of hydrogen-bond acceptors (Lipinski definition) is 4. The lowest BCUT2D eigenvalue weighted by Gasteiger charge is -2.23. The smallest absolute Gasteiger partial charge is 0.243 e. The van der Waals surface area contributed by atoms with E-state index < -0.39 is 29.8 Å². The highest BCUT2D eigenvalue weighted by Crippen LogP contribution is 2.08. The summed E-state index contributed by atoms with van der Waals surface area (Å²) in [7, 11) is 0. The van der Waals surface area contributed by atoms with Crippen molar-refractivity contribution >= 4 is 17.7 Å². The maximum atomic E-state index is 12.3. The van der Waals surface area contributed by atoms with Gasteiger partial charge in [0.1, 0.15) is 12.1 Å². The van der Waals surface area contributed by atoms with E-state index in [-0.39, 0.29) is 18.4 Å². The predicted octanol–water partition coefficient (Wildman–Crippen LogP) is -0.508. The molecule has 0 fully saturated rings. The number of rotatable bonds is 9. The van der Waals surface area contributed by atoms with Gasteiger partial charge in [-0.25, -0.2) is 0 Å². The number of hydrogen-bond donors (Lipinski definition) is 4. The molecule has 3 amide bonds. The highest BCUT2D eigenvalue weighted by atomic mass is 16.2. The molecule has 2 atom stereocenters. The molecule has 21 heavy (non-hydrogen) atoms. The van der Waals surface area contributed by atoms with Crippen molar-refractivity contribution in [3.8, 4) is 0 Å². The second kappa shape index (κ2) is 9.33. The lowest BCUT2D eigenvalue weighted by Crippen LogP contribution is -2.54. The van der Waals surface area contributed by atoms with E-state index in [9.17, 15) is 14.4 Å². The molecule has 6 N–H and O–H groups in total. The van der Waals surface area contributed by atoms with E-state index in [1.807, 2.05) is 27.7 Å². The summed E-state index contributed by atoms with van der Waals surface area (Å²) in [4.78, 5) is 35.0. The van der Waals surface area contributed by atoms with E-state index in [4.69, 9.17) is 11.5 Å². The Hall–Kier alpha value is -1.63. The van der Waals surface area contributed by atoms with Crippen LogP contribution < -0.4 is 22.1 Å². The Morgan fingerprint density at radius 2 is 1.38 bits per heavy atom. The van der Waals surface area contributed by atoms with Crippen LogP contribution in [0, 0.1) is 11.8 Å². The van der Waals surface area contributed by atoms with Crippen LogP contribution in [0.2, 0.25) is 0 Å². The summed E-state index contributed by atoms with van der Waals surface area (Å²) < 4.78 is 0. The first kappa shape index (κ1) is 19.4. The van der Waals surface area contributed by atoms with Crippen LogP contribution >= 0.6 is 0 Å². The van der Waals surface area contributed by atoms with Gasteiger partial charge in [0, 0.05) is 0 Å². The van der Waals surface area contributed by atoms with Crippen molar-refractivity contribution in [3.05, 3.63) is 0 Å². The van der Waals surface area contributed by atoms with E-state index in [2.05, 4.69) is 10.6 Å². The van der Waals surface area contributed by atoms with Gasteiger partial charge in [0.15, 0.2) is 0 Å². The van der Waals surface area contributed by atoms with Crippen molar-refractivity contribution in [1.29, 1.82) is 0 Å². The average Bonchev–Trinajstić information content (AvgIpc) is 2.35. The van der Waals surface area contributed by atoms with Gasteiger partial charge in [-0.3, -0.25) is 14.4 Å². The summed E-state index contributed by atoms with van der Waals surface area (Å²) in [5.41, 5.74) is 10.5. The van der Waals surface area contributed by atoms with Crippen LogP contribution in [0.1, 0.15) is 40.5 Å². The molecule has 2 unspecified atom stereocenters. The monoisotopic (exact) mass is 300 g/mol. The highest BCUT2D eigenvalue weighted by molar-refractivity contribution is 5.91. The SMILES string of the molecule is CC(C)CC(NC(=O)C(CC(C)C)NC(=O)CN)C(N)=O. The number of nitrogens with one attached hydrogen (secondary N) is 2. The van der Waals surface area contributed by atoms with Crippen molar-refractivity contribution in [2.45, 2.75) is 52.6 Å². The molecule has 0 aromatic carbocycles. The first-order chi connectivity index (χ1) is 9.67. The summed E-state index contributed by atoms with van der Waals surface area (Å²) in [6, 6.07) is -1.45. The van der Waals surface area contributed by atoms with Crippen molar-refractivity contribution in [1.82, 2.24) is 10.6 Å². The van der Waals surface area contributed by atoms with E-state index >= 15 is 0 Å². The molecule has 0 rings (SSSR count). The van der Waals surface area contributed by atoms with Crippen LogP contribution in [0.3, 0.4) is 0 Å². The summed E-state index contributed by atoms with van der Waals surface area (Å²) in [6.07, 6.45) is 0.922. The van der Waals surface area contributed by atoms with Gasteiger partial charge in [-0.1, -0.05) is 27.7 Å². The van der Waals surface area contributed by atoms with E-state index in [1.165, 1.54) is 0 Å². The second-order valence-corrected chi connectivity index (χ2v) is 6.05. The molecule has 0 aliphatic heterocycles. The molecular formula is C14H28N4O3. The number of amides is 3. The zero-order valence-electron chi connectivity index (χ0n) is 13.3. The van der Waals surface area contributed by atoms with Crippen molar-refractivity contribution < 1.29 is 14.4 Å². The molecule has 7 heteroatoms. The minimum absolute atomic E-state index is 0.187. The fourth-order valence-electron chi connectivity index (χ4n) is 1.95. The quantitative estimate of drug-likeness (QED) is 0.457. The Bertz CT molecular complexity index is 369. The van der Waals surface area contributed by atoms with E-state index in [1.54, 1.807) is 0 Å². The van der Waals surface area contributed by atoms with Crippen molar-refractivity contribution in [2.24, 2.45) is 23.3 Å². The van der Waals surface area contributed by atoms with E-state index in [0.717, 1.165) is 0 Å². The van der Waals surface area contributed by atoms with Crippen LogP contribution in [-0.2, 0) is 14.4 Å². The summed E-state index contributed by atoms with van der Waals surface area (Å²) >= 11 is 0. The molecule has 0 heterocycles. The molecule has 0 radical (unpaired) electrons. The lowest BCUT2D eigenvalue weighted by atomic mass is 10.0. The molecule has 7 nitrogen and oxygen atoms in total. The largest absolute Gasteiger partial charge is 0.368 e. The van der Waals surface area contributed by atoms with Crippen LogP contribution in [0.4, 0.5) is 0 Å². The highest BCUT2D eigenvalue weighted by Gasteiger charge is 2.26. The Morgan fingerprint density at radius 3 is 1.76 bits per heavy atom. The third-order valence-electron chi connectivity index (χ3n) is 2.91. The molecule has 0 saturated carbocycles. The molecule has 0 aliphatic rings. The lowest BCUT2D eigenvalue weighted by molar-refractivity contribution is -0.131. The van der Waals surface area contributed by atoms with E-state index in [0.29, 0.717) is 12.8 Å². The minimum atomic E-state index is -0.734. The number of carbonyl (C=O) groups excluding carboxylic acids is 3. The molecule has 0 aromatic heterocycles. The predicted molar refractivity (Wildman–Crippen MR) is 81.0 cm³/mol. The minimum Gasteiger partial charge on any atom is -0.368 e. The van der Waals surface area contributed by atoms with Crippen LogP contribution in [0.25, 0.3) is 0 Å². The van der Waals surface area contributed by atoms with Gasteiger partial charge in [-0.05, 0) is 24.7 Å². The zero-order valence-corrected chi connectivity index (χ0v) is 13.3. The fraction of sp³-hybridized carbons (Fsp3) is 0.786. The molecule has 122 valence electrons. The fourth-order valence-corrected chi connectivity index (χ4v) is 1.95. The third kappa shape index (κ3) is 8.29. The Labute approximate surface area is 126 Å². The van der Waals surface area contributed by atoms with Crippen LogP contribution in [0.15, 0.2) is 0 Å². The molecule has 0 bridgehead atoms. The van der Waals surface area contributed by atoms with Crippen molar-refractivity contribution in [2.75, 3.05) is 6.54 Å². The Morgan fingerprint density at radius 1 is 0.905 bits per heavy atom. The standard InChI is InChI=1S/C14H28N4O3/c1-8(2)5-10(13(16)20)18-14(21)11(6-9(3)4)17-12(19)7-15/h8-11H,5-7,15H2,1-4H3,(H2,16,20)(H,17,19)(H,18,21). The maximum Gasteiger partial charge on any atom is 0.243 e. The average molecular weight is 300 g/mol. The van der Waals surface area contributed by atoms with Crippen LogP contribution in [0.5, 0.6) is 0 Å². The normalized spacial score (nSPS) is 13.9. The van der Waals surface area contributed by atoms with Gasteiger partial charge in [0.2, 0.25) is 17.7 Å². The van der Waals surface area contributed by atoms with Gasteiger partial charge in [0.25, 0.3) is 0 Å². The maximum absolute atomic E-state index is 12.3. The summed E-state index contributed by atoms with van der Waals surface area (Å²) in [6.45, 7) is 7.56. The Kier molecular flexibility index (Phi) is 8.61. The molecule has 0 aliphatic carbocycles. The third-order valence-corrected chi connectivity index (χ3v) is 2.91. The first-order valence-electron chi connectivity index (χ1n) is 7.26. The van der Waals surface area contributed by atoms with Gasteiger partial charge in [-0.15, -0.1) is 0 Å². The van der Waals surface area contributed by atoms with Gasteiger partial charge < -0.3 is 22.1 Å². The summed E-state index contributed by atoms with van der Waals surface area (Å²) in [5.74, 6) is -0.975. The topological polar surface area (TPSA) is 127 Å². The molecular weight excluding hydrogens is 272 g/mol. The Balaban J connectivity index is 4.83. The van der Waals surface area contributed by atoms with Gasteiger partial charge >= 0.3 is 0 Å². The number of nitrogens with two attached hydrogens (primary N) is 2. The molecule has 0 saturated heterocycles. The zero-order chi connectivity index (χ0) is 16.6. The number of carbonyl (C=O) groups is 3. The first-order valence-corrected chi connectivity index (χ1v) is 7.26. The molecule has 0 spiro atoms. The number of primary amides is 1. The van der Waals surface area contributed by atoms with Gasteiger partial charge in [0.05, 0.1) is 6.54 Å².